The molecule has 2 rings (SSSR count). The Hall–Kier alpha value is -1.68. The molecule has 0 aliphatic rings. The van der Waals surface area contributed by atoms with E-state index in [1.165, 1.54) is 10.9 Å². The van der Waals surface area contributed by atoms with Gasteiger partial charge >= 0.3 is 5.97 Å². The lowest BCUT2D eigenvalue weighted by molar-refractivity contribution is 0.0690. The monoisotopic (exact) mass is 420 g/mol. The summed E-state index contributed by atoms with van der Waals surface area (Å²) in [5.74, 6) is -1.40. The molecule has 0 bridgehead atoms. The van der Waals surface area contributed by atoms with Crippen LogP contribution >= 0.6 is 34.2 Å². The summed E-state index contributed by atoms with van der Waals surface area (Å²) in [6.45, 7) is 0.620. The van der Waals surface area contributed by atoms with Crippen LogP contribution in [0.15, 0.2) is 24.4 Å². The Labute approximate surface area is 138 Å². The highest BCUT2D eigenvalue weighted by Gasteiger charge is 2.09. The molecule has 0 spiro atoms. The second-order valence-corrected chi connectivity index (χ2v) is 5.63. The number of carboxylic acids is 1. The molecule has 9 heteroatoms. The van der Waals surface area contributed by atoms with E-state index in [0.717, 1.165) is 3.57 Å². The minimum atomic E-state index is -1.14. The molecule has 0 saturated carbocycles. The topological polar surface area (TPSA) is 97.1 Å². The Morgan fingerprint density at radius 2 is 2.19 bits per heavy atom. The highest BCUT2D eigenvalue weighted by molar-refractivity contribution is 14.1. The summed E-state index contributed by atoms with van der Waals surface area (Å²) in [5, 5.41) is 19.0. The molecule has 2 aromatic rings. The van der Waals surface area contributed by atoms with Crippen LogP contribution < -0.4 is 5.32 Å². The highest BCUT2D eigenvalue weighted by Crippen LogP contribution is 2.19. The van der Waals surface area contributed by atoms with Gasteiger partial charge in [-0.2, -0.15) is 0 Å². The Morgan fingerprint density at radius 3 is 2.81 bits per heavy atom. The summed E-state index contributed by atoms with van der Waals surface area (Å²) in [5.41, 5.74) is 0.330. The number of rotatable bonds is 5. The molecule has 1 heterocycles. The number of carboxylic acid groups (broad SMARTS) is 1. The van der Waals surface area contributed by atoms with Gasteiger partial charge in [0.1, 0.15) is 0 Å². The highest BCUT2D eigenvalue weighted by atomic mass is 127. The van der Waals surface area contributed by atoms with Crippen molar-refractivity contribution in [3.63, 3.8) is 0 Å². The number of carbonyl (C=O) groups excluding carboxylic acids is 1. The predicted molar refractivity (Wildman–Crippen MR) is 83.5 cm³/mol. The van der Waals surface area contributed by atoms with Crippen molar-refractivity contribution in [2.24, 2.45) is 0 Å². The number of aromatic nitrogens is 3. The third kappa shape index (κ3) is 4.14. The summed E-state index contributed by atoms with van der Waals surface area (Å²) in [7, 11) is 0. The third-order valence-corrected chi connectivity index (χ3v) is 4.14. The van der Waals surface area contributed by atoms with Gasteiger partial charge in [-0.05, 0) is 40.8 Å². The van der Waals surface area contributed by atoms with Gasteiger partial charge in [-0.3, -0.25) is 4.79 Å². The molecule has 1 aromatic carbocycles. The smallest absolute Gasteiger partial charge is 0.358 e. The van der Waals surface area contributed by atoms with E-state index in [1.807, 2.05) is 0 Å². The first kappa shape index (κ1) is 15.7. The molecule has 7 nitrogen and oxygen atoms in total. The van der Waals surface area contributed by atoms with Gasteiger partial charge in [0.05, 0.1) is 17.8 Å². The average molecular weight is 421 g/mol. The van der Waals surface area contributed by atoms with Crippen molar-refractivity contribution in [1.29, 1.82) is 0 Å². The summed E-state index contributed by atoms with van der Waals surface area (Å²) < 4.78 is 2.22. The lowest BCUT2D eigenvalue weighted by atomic mass is 10.2. The van der Waals surface area contributed by atoms with Crippen LogP contribution in [0.2, 0.25) is 5.02 Å². The van der Waals surface area contributed by atoms with Crippen LogP contribution in [0.5, 0.6) is 0 Å². The summed E-state index contributed by atoms with van der Waals surface area (Å²) >= 11 is 8.03. The third-order valence-electron chi connectivity index (χ3n) is 2.57. The first-order valence-electron chi connectivity index (χ1n) is 5.84. The number of hydrogen-bond donors (Lipinski definition) is 2. The van der Waals surface area contributed by atoms with Crippen LogP contribution in [0.4, 0.5) is 0 Å². The summed E-state index contributed by atoms with van der Waals surface area (Å²) in [4.78, 5) is 22.5. The molecular weight excluding hydrogens is 411 g/mol. The van der Waals surface area contributed by atoms with Gasteiger partial charge in [-0.1, -0.05) is 16.8 Å². The molecule has 0 fully saturated rings. The van der Waals surface area contributed by atoms with E-state index in [1.54, 1.807) is 18.2 Å². The quantitative estimate of drug-likeness (QED) is 0.717. The number of nitrogens with zero attached hydrogens (tertiary/aromatic N) is 3. The first-order chi connectivity index (χ1) is 9.97. The summed E-state index contributed by atoms with van der Waals surface area (Å²) in [6.07, 6.45) is 1.30. The number of aromatic carboxylic acids is 1. The Balaban J connectivity index is 1.88. The van der Waals surface area contributed by atoms with E-state index in [2.05, 4.69) is 38.2 Å². The molecule has 0 saturated heterocycles. The lowest BCUT2D eigenvalue weighted by Gasteiger charge is -2.06. The number of halogens is 2. The number of hydrogen-bond acceptors (Lipinski definition) is 4. The van der Waals surface area contributed by atoms with Crippen LogP contribution in [0.25, 0.3) is 0 Å². The van der Waals surface area contributed by atoms with E-state index >= 15 is 0 Å². The fraction of sp³-hybridized carbons (Fsp3) is 0.167. The van der Waals surface area contributed by atoms with Crippen LogP contribution in [0.3, 0.4) is 0 Å². The minimum Gasteiger partial charge on any atom is -0.476 e. The van der Waals surface area contributed by atoms with Gasteiger partial charge in [0.15, 0.2) is 5.69 Å². The molecular formula is C12H10ClIN4O3. The average Bonchev–Trinajstić information content (AvgIpc) is 2.91. The van der Waals surface area contributed by atoms with E-state index < -0.39 is 5.97 Å². The van der Waals surface area contributed by atoms with Crippen molar-refractivity contribution in [3.8, 4) is 0 Å². The fourth-order valence-electron chi connectivity index (χ4n) is 1.53. The van der Waals surface area contributed by atoms with Gasteiger partial charge in [-0.15, -0.1) is 5.10 Å². The molecule has 21 heavy (non-hydrogen) atoms. The van der Waals surface area contributed by atoms with Gasteiger partial charge in [-0.25, -0.2) is 9.48 Å². The zero-order valence-corrected chi connectivity index (χ0v) is 13.5. The Kier molecular flexibility index (Phi) is 5.12. The molecule has 0 unspecified atom stereocenters. The van der Waals surface area contributed by atoms with Crippen LogP contribution in [-0.4, -0.2) is 38.5 Å². The second-order valence-electron chi connectivity index (χ2n) is 4.06. The maximum absolute atomic E-state index is 11.9. The van der Waals surface area contributed by atoms with Crippen LogP contribution in [-0.2, 0) is 6.54 Å². The Morgan fingerprint density at radius 1 is 1.43 bits per heavy atom. The molecule has 2 N–H and O–H groups in total. The molecule has 0 aliphatic carbocycles. The van der Waals surface area contributed by atoms with Crippen LogP contribution in [0.1, 0.15) is 20.8 Å². The van der Waals surface area contributed by atoms with Gasteiger partial charge in [0.2, 0.25) is 0 Å². The number of carbonyl (C=O) groups is 2. The standard InChI is InChI=1S/C12H10ClIN4O3/c13-8-5-7(1-2-9(8)14)11(19)15-3-4-18-6-10(12(20)21)16-17-18/h1-2,5-6H,3-4H2,(H,15,19)(H,20,21). The summed E-state index contributed by atoms with van der Waals surface area (Å²) in [6, 6.07) is 5.03. The van der Waals surface area contributed by atoms with Crippen molar-refractivity contribution < 1.29 is 14.7 Å². The minimum absolute atomic E-state index is 0.134. The van der Waals surface area contributed by atoms with Crippen molar-refractivity contribution in [2.45, 2.75) is 6.54 Å². The van der Waals surface area contributed by atoms with Gasteiger partial charge in [0, 0.05) is 15.7 Å². The van der Waals surface area contributed by atoms with Crippen molar-refractivity contribution >= 4 is 46.1 Å². The fourth-order valence-corrected chi connectivity index (χ4v) is 2.05. The van der Waals surface area contributed by atoms with Crippen LogP contribution in [0, 0.1) is 3.57 Å². The molecule has 0 radical (unpaired) electrons. The predicted octanol–water partition coefficient (Wildman–Crippen LogP) is 1.66. The molecule has 0 aliphatic heterocycles. The SMILES string of the molecule is O=C(NCCn1cc(C(=O)O)nn1)c1ccc(I)c(Cl)c1. The first-order valence-corrected chi connectivity index (χ1v) is 7.29. The Bertz CT molecular complexity index is 689. The van der Waals surface area contributed by atoms with Crippen molar-refractivity contribution in [3.05, 3.63) is 44.2 Å². The van der Waals surface area contributed by atoms with E-state index in [4.69, 9.17) is 16.7 Å². The lowest BCUT2D eigenvalue weighted by Crippen LogP contribution is -2.27. The number of benzene rings is 1. The zero-order chi connectivity index (χ0) is 15.4. The largest absolute Gasteiger partial charge is 0.476 e. The second kappa shape index (κ2) is 6.85. The zero-order valence-electron chi connectivity index (χ0n) is 10.6. The maximum Gasteiger partial charge on any atom is 0.358 e. The molecule has 1 amide bonds. The van der Waals surface area contributed by atoms with Crippen molar-refractivity contribution in [1.82, 2.24) is 20.3 Å². The maximum atomic E-state index is 11.9. The van der Waals surface area contributed by atoms with Gasteiger partial charge < -0.3 is 10.4 Å². The molecule has 110 valence electrons. The molecule has 1 aromatic heterocycles. The van der Waals surface area contributed by atoms with Gasteiger partial charge in [0.25, 0.3) is 5.91 Å². The number of nitrogens with one attached hydrogen (secondary N) is 1. The van der Waals surface area contributed by atoms with E-state index in [-0.39, 0.29) is 11.6 Å². The van der Waals surface area contributed by atoms with E-state index in [9.17, 15) is 9.59 Å². The van der Waals surface area contributed by atoms with Crippen molar-refractivity contribution in [2.75, 3.05) is 6.54 Å². The van der Waals surface area contributed by atoms with E-state index in [0.29, 0.717) is 23.7 Å². The normalized spacial score (nSPS) is 10.4. The molecule has 0 atom stereocenters. The number of amides is 1.